The number of nitrogens with one attached hydrogen (secondary N) is 2. The molecule has 204 valence electrons. The van der Waals surface area contributed by atoms with Gasteiger partial charge in [0.25, 0.3) is 5.91 Å². The lowest BCUT2D eigenvalue weighted by atomic mass is 9.85. The van der Waals surface area contributed by atoms with Gasteiger partial charge in [0.2, 0.25) is 5.91 Å². The number of likely N-dealkylation sites (N-methyl/N-ethyl adjacent to an activating group) is 1. The lowest BCUT2D eigenvalue weighted by Gasteiger charge is -2.24. The van der Waals surface area contributed by atoms with Crippen LogP contribution in [-0.2, 0) is 14.3 Å². The number of hydrogen-bond donors (Lipinski definition) is 2. The number of rotatable bonds is 7. The van der Waals surface area contributed by atoms with Crippen molar-refractivity contribution in [2.24, 2.45) is 0 Å². The van der Waals surface area contributed by atoms with Gasteiger partial charge in [-0.2, -0.15) is 22.0 Å². The van der Waals surface area contributed by atoms with Crippen molar-refractivity contribution in [2.75, 3.05) is 18.5 Å². The fraction of sp³-hybridized carbons (Fsp3) is 0.360. The lowest BCUT2D eigenvalue weighted by molar-refractivity contribution is -0.278. The molecule has 0 spiro atoms. The number of Topliss-reactive ketones (excluding diaryl/α,β-unsaturated/α-hetero) is 1. The monoisotopic (exact) mass is 541 g/mol. The quantitative estimate of drug-likeness (QED) is 0.410. The van der Waals surface area contributed by atoms with Crippen molar-refractivity contribution >= 4 is 29.4 Å². The standard InChI is InChI=1S/C25H24F5N3O5/c1-14(38-23(37)31-13-24(26,27)25(28,29)30)21(35)32-18-12-17(20(34)15-8-4-3-5-9-15)16-10-6-7-11-19(16)33(2)22(18)36/h3-11,14,17-18H,12-13H2,1-2H3,(H,31,37)(H,32,35)/t14-,17?,18-/m0/s1. The highest BCUT2D eigenvalue weighted by molar-refractivity contribution is 6.06. The van der Waals surface area contributed by atoms with Crippen molar-refractivity contribution in [3.8, 4) is 0 Å². The van der Waals surface area contributed by atoms with Crippen molar-refractivity contribution in [3.05, 3.63) is 65.7 Å². The van der Waals surface area contributed by atoms with E-state index in [-0.39, 0.29) is 12.2 Å². The number of carbonyl (C=O) groups excluding carboxylic acids is 4. The normalized spacial score (nSPS) is 18.6. The maximum atomic E-state index is 13.4. The van der Waals surface area contributed by atoms with Crippen LogP contribution < -0.4 is 15.5 Å². The Hall–Kier alpha value is -4.03. The van der Waals surface area contributed by atoms with Crippen molar-refractivity contribution in [1.82, 2.24) is 10.6 Å². The van der Waals surface area contributed by atoms with E-state index in [1.54, 1.807) is 54.6 Å². The molecular weight excluding hydrogens is 517 g/mol. The third kappa shape index (κ3) is 6.26. The minimum atomic E-state index is -5.89. The fourth-order valence-electron chi connectivity index (χ4n) is 3.90. The van der Waals surface area contributed by atoms with E-state index in [9.17, 15) is 41.1 Å². The van der Waals surface area contributed by atoms with E-state index in [2.05, 4.69) is 10.1 Å². The van der Waals surface area contributed by atoms with Gasteiger partial charge in [-0.25, -0.2) is 4.79 Å². The molecule has 1 aliphatic heterocycles. The van der Waals surface area contributed by atoms with Gasteiger partial charge in [-0.1, -0.05) is 48.5 Å². The summed E-state index contributed by atoms with van der Waals surface area (Å²) in [5.41, 5.74) is 1.40. The van der Waals surface area contributed by atoms with Gasteiger partial charge < -0.3 is 20.3 Å². The largest absolute Gasteiger partial charge is 0.455 e. The number of nitrogens with zero attached hydrogens (tertiary/aromatic N) is 1. The van der Waals surface area contributed by atoms with Crippen LogP contribution in [0.5, 0.6) is 0 Å². The van der Waals surface area contributed by atoms with Gasteiger partial charge in [0, 0.05) is 18.3 Å². The average Bonchev–Trinajstić information content (AvgIpc) is 2.97. The van der Waals surface area contributed by atoms with Crippen molar-refractivity contribution in [2.45, 2.75) is 43.5 Å². The molecule has 38 heavy (non-hydrogen) atoms. The number of halogens is 5. The summed E-state index contributed by atoms with van der Waals surface area (Å²) in [6, 6.07) is 13.8. The summed E-state index contributed by atoms with van der Waals surface area (Å²) in [5, 5.41) is 3.66. The van der Waals surface area contributed by atoms with Crippen LogP contribution >= 0.6 is 0 Å². The zero-order chi connectivity index (χ0) is 28.3. The van der Waals surface area contributed by atoms with Crippen molar-refractivity contribution in [3.63, 3.8) is 0 Å². The molecule has 2 aromatic rings. The molecule has 13 heteroatoms. The van der Waals surface area contributed by atoms with Crippen LogP contribution in [0.15, 0.2) is 54.6 Å². The van der Waals surface area contributed by atoms with E-state index >= 15 is 0 Å². The molecule has 2 N–H and O–H groups in total. The van der Waals surface area contributed by atoms with Gasteiger partial charge in [-0.15, -0.1) is 0 Å². The number of amides is 3. The molecule has 0 aromatic heterocycles. The Balaban J connectivity index is 1.75. The first kappa shape index (κ1) is 28.5. The molecule has 1 unspecified atom stereocenters. The van der Waals surface area contributed by atoms with E-state index in [1.165, 1.54) is 17.3 Å². The van der Waals surface area contributed by atoms with Gasteiger partial charge in [0.15, 0.2) is 11.9 Å². The maximum Gasteiger partial charge on any atom is 0.455 e. The third-order valence-corrected chi connectivity index (χ3v) is 5.99. The number of alkyl halides is 5. The van der Waals surface area contributed by atoms with E-state index < -0.39 is 54.6 Å². The Morgan fingerprint density at radius 1 is 1.03 bits per heavy atom. The zero-order valence-electron chi connectivity index (χ0n) is 20.2. The molecule has 1 heterocycles. The maximum absolute atomic E-state index is 13.4. The summed E-state index contributed by atoms with van der Waals surface area (Å²) in [6.45, 7) is -1.04. The molecule has 0 saturated heterocycles. The van der Waals surface area contributed by atoms with E-state index in [0.29, 0.717) is 16.8 Å². The molecule has 3 rings (SSSR count). The van der Waals surface area contributed by atoms with Gasteiger partial charge in [0.1, 0.15) is 6.04 Å². The fourth-order valence-corrected chi connectivity index (χ4v) is 3.90. The number of alkyl carbamates (subject to hydrolysis) is 1. The number of benzene rings is 2. The summed E-state index contributed by atoms with van der Waals surface area (Å²) in [5.74, 6) is -7.93. The molecule has 2 aromatic carbocycles. The smallest absolute Gasteiger partial charge is 0.436 e. The number of para-hydroxylation sites is 1. The summed E-state index contributed by atoms with van der Waals surface area (Å²) >= 11 is 0. The molecule has 0 radical (unpaired) electrons. The van der Waals surface area contributed by atoms with E-state index in [0.717, 1.165) is 6.92 Å². The first-order valence-corrected chi connectivity index (χ1v) is 11.4. The van der Waals surface area contributed by atoms with Gasteiger partial charge in [-0.05, 0) is 25.0 Å². The first-order valence-electron chi connectivity index (χ1n) is 11.4. The molecule has 0 saturated carbocycles. The minimum Gasteiger partial charge on any atom is -0.436 e. The van der Waals surface area contributed by atoms with Crippen LogP contribution in [0.25, 0.3) is 0 Å². The third-order valence-electron chi connectivity index (χ3n) is 5.99. The zero-order valence-corrected chi connectivity index (χ0v) is 20.2. The SMILES string of the molecule is C[C@H](OC(=O)NCC(F)(F)C(F)(F)F)C(=O)N[C@H]1CC(C(=O)c2ccccc2)c2ccccc2N(C)C1=O. The number of ether oxygens (including phenoxy) is 1. The molecule has 1 aliphatic rings. The van der Waals surface area contributed by atoms with Crippen molar-refractivity contribution < 1.29 is 45.9 Å². The predicted octanol–water partition coefficient (Wildman–Crippen LogP) is 3.82. The topological polar surface area (TPSA) is 105 Å². The molecule has 0 bridgehead atoms. The number of anilines is 1. The molecule has 3 amide bonds. The average molecular weight is 541 g/mol. The van der Waals surface area contributed by atoms with Gasteiger partial charge in [-0.3, -0.25) is 14.4 Å². The summed E-state index contributed by atoms with van der Waals surface area (Å²) in [6.07, 6.45) is -9.39. The van der Waals surface area contributed by atoms with Crippen LogP contribution in [-0.4, -0.2) is 61.5 Å². The lowest BCUT2D eigenvalue weighted by Crippen LogP contribution is -2.51. The highest BCUT2D eigenvalue weighted by Gasteiger charge is 2.57. The molecular formula is C25H24F5N3O5. The Labute approximate surface area is 214 Å². The summed E-state index contributed by atoms with van der Waals surface area (Å²) in [7, 11) is 1.46. The van der Waals surface area contributed by atoms with Crippen LogP contribution in [0.2, 0.25) is 0 Å². The Morgan fingerprint density at radius 2 is 1.63 bits per heavy atom. The number of ketones is 1. The van der Waals surface area contributed by atoms with Crippen molar-refractivity contribution in [1.29, 1.82) is 0 Å². The van der Waals surface area contributed by atoms with Crippen LogP contribution in [0, 0.1) is 0 Å². The van der Waals surface area contributed by atoms with E-state index in [4.69, 9.17) is 0 Å². The number of fused-ring (bicyclic) bond motifs is 1. The van der Waals surface area contributed by atoms with Crippen LogP contribution in [0.1, 0.15) is 35.2 Å². The van der Waals surface area contributed by atoms with E-state index in [1.807, 2.05) is 0 Å². The summed E-state index contributed by atoms with van der Waals surface area (Å²) in [4.78, 5) is 52.3. The van der Waals surface area contributed by atoms with Crippen LogP contribution in [0.3, 0.4) is 0 Å². The molecule has 0 aliphatic carbocycles. The number of hydrogen-bond acceptors (Lipinski definition) is 5. The predicted molar refractivity (Wildman–Crippen MR) is 125 cm³/mol. The Kier molecular flexibility index (Phi) is 8.38. The van der Waals surface area contributed by atoms with Gasteiger partial charge >= 0.3 is 18.2 Å². The second-order valence-corrected chi connectivity index (χ2v) is 8.64. The molecule has 3 atom stereocenters. The highest BCUT2D eigenvalue weighted by atomic mass is 19.4. The molecule has 8 nitrogen and oxygen atoms in total. The Morgan fingerprint density at radius 3 is 2.26 bits per heavy atom. The van der Waals surface area contributed by atoms with Gasteiger partial charge in [0.05, 0.1) is 12.5 Å². The minimum absolute atomic E-state index is 0.142. The molecule has 0 fully saturated rings. The number of carbonyl (C=O) groups is 4. The highest BCUT2D eigenvalue weighted by Crippen LogP contribution is 2.37. The van der Waals surface area contributed by atoms with Crippen LogP contribution in [0.4, 0.5) is 32.4 Å². The second kappa shape index (κ2) is 11.2. The Bertz CT molecular complexity index is 1210. The second-order valence-electron chi connectivity index (χ2n) is 8.64. The summed E-state index contributed by atoms with van der Waals surface area (Å²) < 4.78 is 67.4. The first-order chi connectivity index (χ1) is 17.7.